The van der Waals surface area contributed by atoms with E-state index in [1.807, 2.05) is 36.7 Å². The van der Waals surface area contributed by atoms with Gasteiger partial charge < -0.3 is 10.1 Å². The topological polar surface area (TPSA) is 34.2 Å². The third-order valence-corrected chi connectivity index (χ3v) is 3.44. The summed E-state index contributed by atoms with van der Waals surface area (Å²) in [6.45, 7) is 2.97. The van der Waals surface area contributed by atoms with Crippen molar-refractivity contribution in [3.8, 4) is 5.75 Å². The fourth-order valence-electron chi connectivity index (χ4n) is 2.10. The highest BCUT2D eigenvalue weighted by molar-refractivity contribution is 9.10. The molecule has 4 heteroatoms. The van der Waals surface area contributed by atoms with Gasteiger partial charge in [-0.3, -0.25) is 4.98 Å². The van der Waals surface area contributed by atoms with Gasteiger partial charge in [0.25, 0.3) is 0 Å². The van der Waals surface area contributed by atoms with Gasteiger partial charge in [-0.1, -0.05) is 22.9 Å². The summed E-state index contributed by atoms with van der Waals surface area (Å²) >= 11 is 3.52. The Bertz CT molecular complexity index is 531. The summed E-state index contributed by atoms with van der Waals surface area (Å²) in [6, 6.07) is 10.2. The largest absolute Gasteiger partial charge is 0.496 e. The van der Waals surface area contributed by atoms with Gasteiger partial charge in [0.2, 0.25) is 0 Å². The molecule has 1 N–H and O–H groups in total. The fourth-order valence-corrected chi connectivity index (χ4v) is 2.48. The molecule has 2 aromatic rings. The number of rotatable bonds is 5. The van der Waals surface area contributed by atoms with E-state index in [2.05, 4.69) is 39.2 Å². The molecule has 1 aromatic carbocycles. The van der Waals surface area contributed by atoms with E-state index in [1.54, 1.807) is 7.11 Å². The Morgan fingerprint density at radius 1 is 1.26 bits per heavy atom. The van der Waals surface area contributed by atoms with E-state index in [-0.39, 0.29) is 6.04 Å². The zero-order chi connectivity index (χ0) is 13.7. The van der Waals surface area contributed by atoms with Crippen molar-refractivity contribution in [1.82, 2.24) is 10.3 Å². The molecular weight excluding hydrogens is 304 g/mol. The van der Waals surface area contributed by atoms with Crippen LogP contribution in [0.1, 0.15) is 24.1 Å². The van der Waals surface area contributed by atoms with Crippen LogP contribution in [0.5, 0.6) is 5.75 Å². The van der Waals surface area contributed by atoms with Crippen molar-refractivity contribution in [1.29, 1.82) is 0 Å². The molecule has 0 saturated carbocycles. The number of hydrogen-bond acceptors (Lipinski definition) is 3. The summed E-state index contributed by atoms with van der Waals surface area (Å²) in [4.78, 5) is 4.07. The number of halogens is 1. The standard InChI is InChI=1S/C15H17BrN2O/c1-3-18-15(11-6-8-17-9-7-11)13-10-12(16)4-5-14(13)19-2/h4-10,15,18H,3H2,1-2H3. The first-order chi connectivity index (χ1) is 9.26. The van der Waals surface area contributed by atoms with E-state index in [0.29, 0.717) is 0 Å². The first-order valence-electron chi connectivity index (χ1n) is 6.23. The summed E-state index contributed by atoms with van der Waals surface area (Å²) < 4.78 is 6.51. The second-order valence-electron chi connectivity index (χ2n) is 4.16. The first-order valence-corrected chi connectivity index (χ1v) is 7.02. The molecule has 0 bridgehead atoms. The fraction of sp³-hybridized carbons (Fsp3) is 0.267. The van der Waals surface area contributed by atoms with Crippen LogP contribution in [0.25, 0.3) is 0 Å². The summed E-state index contributed by atoms with van der Waals surface area (Å²) in [5, 5.41) is 3.49. The van der Waals surface area contributed by atoms with Gasteiger partial charge >= 0.3 is 0 Å². The molecule has 0 saturated heterocycles. The van der Waals surface area contributed by atoms with Gasteiger partial charge in [0.15, 0.2) is 0 Å². The maximum Gasteiger partial charge on any atom is 0.124 e. The number of nitrogens with zero attached hydrogens (tertiary/aromatic N) is 1. The van der Waals surface area contributed by atoms with Crippen LogP contribution in [0.4, 0.5) is 0 Å². The maximum atomic E-state index is 5.47. The van der Waals surface area contributed by atoms with Crippen molar-refractivity contribution in [2.45, 2.75) is 13.0 Å². The van der Waals surface area contributed by atoms with E-state index in [4.69, 9.17) is 4.74 Å². The van der Waals surface area contributed by atoms with Crippen LogP contribution >= 0.6 is 15.9 Å². The number of pyridine rings is 1. The number of ether oxygens (including phenoxy) is 1. The Labute approximate surface area is 122 Å². The van der Waals surface area contributed by atoms with Crippen LogP contribution < -0.4 is 10.1 Å². The van der Waals surface area contributed by atoms with E-state index >= 15 is 0 Å². The van der Waals surface area contributed by atoms with E-state index in [0.717, 1.165) is 22.3 Å². The Kier molecular flexibility index (Phi) is 4.93. The monoisotopic (exact) mass is 320 g/mol. The van der Waals surface area contributed by atoms with Gasteiger partial charge in [0.1, 0.15) is 5.75 Å². The number of hydrogen-bond donors (Lipinski definition) is 1. The zero-order valence-electron chi connectivity index (χ0n) is 11.1. The maximum absolute atomic E-state index is 5.47. The lowest BCUT2D eigenvalue weighted by Crippen LogP contribution is -2.22. The first kappa shape index (κ1) is 14.0. The Morgan fingerprint density at radius 3 is 2.63 bits per heavy atom. The van der Waals surface area contributed by atoms with Gasteiger partial charge in [-0.2, -0.15) is 0 Å². The predicted molar refractivity (Wildman–Crippen MR) is 80.5 cm³/mol. The number of nitrogens with one attached hydrogen (secondary N) is 1. The Hall–Kier alpha value is -1.39. The molecule has 1 atom stereocenters. The lowest BCUT2D eigenvalue weighted by molar-refractivity contribution is 0.404. The third-order valence-electron chi connectivity index (χ3n) is 2.95. The molecule has 0 radical (unpaired) electrons. The summed E-state index contributed by atoms with van der Waals surface area (Å²) in [5.74, 6) is 0.881. The van der Waals surface area contributed by atoms with Gasteiger partial charge in [-0.25, -0.2) is 0 Å². The summed E-state index contributed by atoms with van der Waals surface area (Å²) in [7, 11) is 1.70. The predicted octanol–water partition coefficient (Wildman–Crippen LogP) is 3.55. The molecule has 0 spiro atoms. The minimum Gasteiger partial charge on any atom is -0.496 e. The molecule has 1 aromatic heterocycles. The quantitative estimate of drug-likeness (QED) is 0.914. The lowest BCUT2D eigenvalue weighted by Gasteiger charge is -2.21. The molecule has 2 rings (SSSR count). The molecular formula is C15H17BrN2O. The SMILES string of the molecule is CCNC(c1ccncc1)c1cc(Br)ccc1OC. The summed E-state index contributed by atoms with van der Waals surface area (Å²) in [5.41, 5.74) is 2.29. The van der Waals surface area contributed by atoms with Gasteiger partial charge in [-0.05, 0) is 42.4 Å². The summed E-state index contributed by atoms with van der Waals surface area (Å²) in [6.07, 6.45) is 3.62. The van der Waals surface area contributed by atoms with Crippen LogP contribution in [-0.2, 0) is 0 Å². The van der Waals surface area contributed by atoms with Crippen molar-refractivity contribution >= 4 is 15.9 Å². The van der Waals surface area contributed by atoms with Crippen molar-refractivity contribution in [3.05, 3.63) is 58.3 Å². The zero-order valence-corrected chi connectivity index (χ0v) is 12.6. The number of benzene rings is 1. The van der Waals surface area contributed by atoms with Crippen LogP contribution in [0.2, 0.25) is 0 Å². The Balaban J connectivity index is 2.47. The lowest BCUT2D eigenvalue weighted by atomic mass is 9.98. The van der Waals surface area contributed by atoms with Gasteiger partial charge in [0, 0.05) is 22.4 Å². The number of methoxy groups -OCH3 is 1. The van der Waals surface area contributed by atoms with Gasteiger partial charge in [-0.15, -0.1) is 0 Å². The average Bonchev–Trinajstić information content (AvgIpc) is 2.45. The smallest absolute Gasteiger partial charge is 0.124 e. The minimum absolute atomic E-state index is 0.0976. The molecule has 0 fully saturated rings. The van der Waals surface area contributed by atoms with Crippen LogP contribution in [0.15, 0.2) is 47.2 Å². The molecule has 0 amide bonds. The normalized spacial score (nSPS) is 12.2. The third kappa shape index (κ3) is 3.33. The van der Waals surface area contributed by atoms with Crippen molar-refractivity contribution in [2.24, 2.45) is 0 Å². The minimum atomic E-state index is 0.0976. The van der Waals surface area contributed by atoms with E-state index < -0.39 is 0 Å². The molecule has 0 aliphatic heterocycles. The highest BCUT2D eigenvalue weighted by Gasteiger charge is 2.17. The molecule has 0 aliphatic rings. The second kappa shape index (κ2) is 6.68. The van der Waals surface area contributed by atoms with E-state index in [1.165, 1.54) is 5.56 Å². The molecule has 3 nitrogen and oxygen atoms in total. The molecule has 1 unspecified atom stereocenters. The molecule has 1 heterocycles. The second-order valence-corrected chi connectivity index (χ2v) is 5.07. The van der Waals surface area contributed by atoms with Crippen molar-refractivity contribution in [3.63, 3.8) is 0 Å². The highest BCUT2D eigenvalue weighted by Crippen LogP contribution is 2.32. The molecule has 0 aliphatic carbocycles. The average molecular weight is 321 g/mol. The highest BCUT2D eigenvalue weighted by atomic mass is 79.9. The van der Waals surface area contributed by atoms with Crippen molar-refractivity contribution < 1.29 is 4.74 Å². The Morgan fingerprint density at radius 2 is 2.00 bits per heavy atom. The molecule has 19 heavy (non-hydrogen) atoms. The molecule has 100 valence electrons. The van der Waals surface area contributed by atoms with Crippen molar-refractivity contribution in [2.75, 3.05) is 13.7 Å². The number of aromatic nitrogens is 1. The van der Waals surface area contributed by atoms with Crippen LogP contribution in [-0.4, -0.2) is 18.6 Å². The van der Waals surface area contributed by atoms with Gasteiger partial charge in [0.05, 0.1) is 13.2 Å². The van der Waals surface area contributed by atoms with E-state index in [9.17, 15) is 0 Å². The van der Waals surface area contributed by atoms with Crippen LogP contribution in [0.3, 0.4) is 0 Å². The van der Waals surface area contributed by atoms with Crippen LogP contribution in [0, 0.1) is 0 Å².